The van der Waals surface area contributed by atoms with E-state index in [4.69, 9.17) is 4.74 Å². The van der Waals surface area contributed by atoms with Crippen LogP contribution in [0.15, 0.2) is 36.9 Å². The molecule has 0 radical (unpaired) electrons. The SMILES string of the molecule is O=C(NC1(c2ccc(C(F)(F)F)nc2)COCC1O)c1cnn2cc(C3CC3)cnc12. The first-order chi connectivity index (χ1) is 14.8. The standard InChI is InChI=1S/C20H18F3N5O3/c21-20(22,23)15-4-3-13(6-24-15)19(10-31-9-16(19)29)27-18(30)14-7-26-28-8-12(11-1-2-11)5-25-17(14)28/h3-8,11,16,29H,1-2,9-10H2,(H,27,30). The number of pyridine rings is 1. The van der Waals surface area contributed by atoms with Gasteiger partial charge in [-0.2, -0.15) is 18.3 Å². The Morgan fingerprint density at radius 2 is 2.03 bits per heavy atom. The van der Waals surface area contributed by atoms with Gasteiger partial charge in [0.25, 0.3) is 5.91 Å². The Morgan fingerprint density at radius 3 is 2.65 bits per heavy atom. The molecule has 4 heterocycles. The van der Waals surface area contributed by atoms with E-state index in [0.717, 1.165) is 30.7 Å². The highest BCUT2D eigenvalue weighted by Gasteiger charge is 2.47. The van der Waals surface area contributed by atoms with E-state index in [1.165, 1.54) is 16.8 Å². The molecule has 1 saturated heterocycles. The van der Waals surface area contributed by atoms with Crippen LogP contribution in [0.1, 0.15) is 45.9 Å². The minimum atomic E-state index is -4.60. The van der Waals surface area contributed by atoms with Crippen molar-refractivity contribution < 1.29 is 27.8 Å². The predicted octanol–water partition coefficient (Wildman–Crippen LogP) is 2.04. The number of halogens is 3. The topological polar surface area (TPSA) is 102 Å². The second-order valence-electron chi connectivity index (χ2n) is 7.87. The van der Waals surface area contributed by atoms with Crippen molar-refractivity contribution >= 4 is 11.6 Å². The highest BCUT2D eigenvalue weighted by atomic mass is 19.4. The fourth-order valence-electron chi connectivity index (χ4n) is 3.81. The van der Waals surface area contributed by atoms with Crippen LogP contribution in [0.3, 0.4) is 0 Å². The van der Waals surface area contributed by atoms with Crippen LogP contribution in [0, 0.1) is 0 Å². The highest BCUT2D eigenvalue weighted by Crippen LogP contribution is 2.39. The number of nitrogens with zero attached hydrogens (tertiary/aromatic N) is 4. The minimum Gasteiger partial charge on any atom is -0.388 e. The summed E-state index contributed by atoms with van der Waals surface area (Å²) < 4.78 is 45.5. The Labute approximate surface area is 174 Å². The number of hydrogen-bond donors (Lipinski definition) is 2. The monoisotopic (exact) mass is 433 g/mol. The maximum absolute atomic E-state index is 13.1. The van der Waals surface area contributed by atoms with Gasteiger partial charge in [0.15, 0.2) is 5.65 Å². The van der Waals surface area contributed by atoms with Crippen molar-refractivity contribution in [2.24, 2.45) is 0 Å². The fourth-order valence-corrected chi connectivity index (χ4v) is 3.81. The smallest absolute Gasteiger partial charge is 0.388 e. The van der Waals surface area contributed by atoms with E-state index in [1.807, 2.05) is 6.20 Å². The number of aromatic nitrogens is 4. The van der Waals surface area contributed by atoms with Crippen LogP contribution in [0.4, 0.5) is 13.2 Å². The van der Waals surface area contributed by atoms with E-state index in [0.29, 0.717) is 11.6 Å². The summed E-state index contributed by atoms with van der Waals surface area (Å²) in [5.41, 5.74) is -0.730. The third kappa shape index (κ3) is 3.43. The lowest BCUT2D eigenvalue weighted by atomic mass is 9.87. The zero-order valence-corrected chi connectivity index (χ0v) is 16.1. The van der Waals surface area contributed by atoms with Crippen LogP contribution in [-0.2, 0) is 16.5 Å². The second kappa shape index (κ2) is 6.99. The van der Waals surface area contributed by atoms with E-state index in [9.17, 15) is 23.1 Å². The maximum Gasteiger partial charge on any atom is 0.433 e. The predicted molar refractivity (Wildman–Crippen MR) is 100 cm³/mol. The van der Waals surface area contributed by atoms with Crippen molar-refractivity contribution in [2.45, 2.75) is 36.6 Å². The van der Waals surface area contributed by atoms with Crippen molar-refractivity contribution in [1.82, 2.24) is 24.9 Å². The van der Waals surface area contributed by atoms with Gasteiger partial charge < -0.3 is 15.2 Å². The number of rotatable bonds is 4. The van der Waals surface area contributed by atoms with Gasteiger partial charge in [-0.3, -0.25) is 9.78 Å². The molecule has 3 aromatic heterocycles. The normalized spacial score (nSPS) is 23.9. The van der Waals surface area contributed by atoms with Gasteiger partial charge in [-0.25, -0.2) is 9.50 Å². The van der Waals surface area contributed by atoms with Crippen LogP contribution in [0.5, 0.6) is 0 Å². The summed E-state index contributed by atoms with van der Waals surface area (Å²) in [6, 6.07) is 1.99. The molecule has 8 nitrogen and oxygen atoms in total. The van der Waals surface area contributed by atoms with Crippen LogP contribution in [-0.4, -0.2) is 49.9 Å². The van der Waals surface area contributed by atoms with E-state index in [1.54, 1.807) is 6.20 Å². The van der Waals surface area contributed by atoms with Crippen molar-refractivity contribution in [1.29, 1.82) is 0 Å². The Bertz CT molecular complexity index is 1140. The number of aliphatic hydroxyl groups excluding tert-OH is 1. The zero-order valence-electron chi connectivity index (χ0n) is 16.1. The molecular formula is C20H18F3N5O3. The lowest BCUT2D eigenvalue weighted by Gasteiger charge is -2.32. The number of ether oxygens (including phenoxy) is 1. The molecular weight excluding hydrogens is 415 g/mol. The first kappa shape index (κ1) is 19.9. The first-order valence-electron chi connectivity index (χ1n) is 9.73. The maximum atomic E-state index is 13.1. The minimum absolute atomic E-state index is 0.0843. The van der Waals surface area contributed by atoms with Gasteiger partial charge in [0.1, 0.15) is 22.9 Å². The third-order valence-electron chi connectivity index (χ3n) is 5.75. The second-order valence-corrected chi connectivity index (χ2v) is 7.87. The van der Waals surface area contributed by atoms with Crippen LogP contribution in [0.25, 0.3) is 5.65 Å². The van der Waals surface area contributed by atoms with Crippen molar-refractivity contribution in [3.63, 3.8) is 0 Å². The van der Waals surface area contributed by atoms with Crippen LogP contribution >= 0.6 is 0 Å². The number of alkyl halides is 3. The van der Waals surface area contributed by atoms with E-state index in [-0.39, 0.29) is 24.3 Å². The third-order valence-corrected chi connectivity index (χ3v) is 5.75. The quantitative estimate of drug-likeness (QED) is 0.653. The molecule has 2 N–H and O–H groups in total. The van der Waals surface area contributed by atoms with E-state index < -0.39 is 29.4 Å². The number of aliphatic hydroxyl groups is 1. The van der Waals surface area contributed by atoms with Gasteiger partial charge in [0, 0.05) is 24.2 Å². The first-order valence-corrected chi connectivity index (χ1v) is 9.73. The van der Waals surface area contributed by atoms with Gasteiger partial charge in [-0.15, -0.1) is 0 Å². The van der Waals surface area contributed by atoms with Crippen LogP contribution < -0.4 is 5.32 Å². The summed E-state index contributed by atoms with van der Waals surface area (Å²) in [4.78, 5) is 20.9. The molecule has 3 aromatic rings. The molecule has 162 valence electrons. The number of carbonyl (C=O) groups excluding carboxylic acids is 1. The van der Waals surface area contributed by atoms with Gasteiger partial charge in [-0.1, -0.05) is 6.07 Å². The Morgan fingerprint density at radius 1 is 1.23 bits per heavy atom. The van der Waals surface area contributed by atoms with Crippen molar-refractivity contribution in [2.75, 3.05) is 13.2 Å². The Hall–Kier alpha value is -3.05. The molecule has 0 aromatic carbocycles. The Kier molecular flexibility index (Phi) is 4.48. The molecule has 0 bridgehead atoms. The number of hydrogen-bond acceptors (Lipinski definition) is 6. The molecule has 1 aliphatic carbocycles. The molecule has 2 unspecified atom stereocenters. The largest absolute Gasteiger partial charge is 0.433 e. The number of carbonyl (C=O) groups is 1. The molecule has 5 rings (SSSR count). The van der Waals surface area contributed by atoms with Gasteiger partial charge in [0.05, 0.1) is 19.4 Å². The summed E-state index contributed by atoms with van der Waals surface area (Å²) in [7, 11) is 0. The molecule has 11 heteroatoms. The zero-order chi connectivity index (χ0) is 21.8. The summed E-state index contributed by atoms with van der Waals surface area (Å²) in [5, 5.41) is 17.5. The summed E-state index contributed by atoms with van der Waals surface area (Å²) in [5.74, 6) is -0.106. The van der Waals surface area contributed by atoms with Gasteiger partial charge in [0.2, 0.25) is 0 Å². The Balaban J connectivity index is 1.46. The molecule has 2 aliphatic rings. The van der Waals surface area contributed by atoms with Crippen molar-refractivity contribution in [3.05, 3.63) is 59.3 Å². The molecule has 1 amide bonds. The molecule has 0 spiro atoms. The van der Waals surface area contributed by atoms with Crippen LogP contribution in [0.2, 0.25) is 0 Å². The van der Waals surface area contributed by atoms with Crippen molar-refractivity contribution in [3.8, 4) is 0 Å². The molecule has 1 saturated carbocycles. The fraction of sp³-hybridized carbons (Fsp3) is 0.400. The molecule has 2 fully saturated rings. The highest BCUT2D eigenvalue weighted by molar-refractivity contribution is 6.00. The summed E-state index contributed by atoms with van der Waals surface area (Å²) in [6.45, 7) is -0.204. The number of nitrogens with one attached hydrogen (secondary N) is 1. The average Bonchev–Trinajstić information content (AvgIpc) is 3.41. The lowest BCUT2D eigenvalue weighted by Crippen LogP contribution is -2.53. The molecule has 2 atom stereocenters. The van der Waals surface area contributed by atoms with Gasteiger partial charge >= 0.3 is 6.18 Å². The van der Waals surface area contributed by atoms with Gasteiger partial charge in [-0.05, 0) is 30.4 Å². The number of fused-ring (bicyclic) bond motifs is 1. The average molecular weight is 433 g/mol. The molecule has 31 heavy (non-hydrogen) atoms. The molecule has 1 aliphatic heterocycles. The number of amides is 1. The van der Waals surface area contributed by atoms with E-state index in [2.05, 4.69) is 20.4 Å². The summed E-state index contributed by atoms with van der Waals surface area (Å²) in [6.07, 6.45) is 2.35. The van der Waals surface area contributed by atoms with E-state index >= 15 is 0 Å². The lowest BCUT2D eigenvalue weighted by molar-refractivity contribution is -0.141. The summed E-state index contributed by atoms with van der Waals surface area (Å²) >= 11 is 0.